The van der Waals surface area contributed by atoms with E-state index in [-0.39, 0.29) is 11.9 Å². The van der Waals surface area contributed by atoms with Crippen molar-refractivity contribution >= 4 is 5.97 Å². The summed E-state index contributed by atoms with van der Waals surface area (Å²) >= 11 is 0. The molecule has 0 aromatic rings. The predicted molar refractivity (Wildman–Crippen MR) is 69.8 cm³/mol. The Labute approximate surface area is 106 Å². The van der Waals surface area contributed by atoms with Gasteiger partial charge in [0.05, 0.1) is 18.6 Å². The van der Waals surface area contributed by atoms with Crippen LogP contribution in [0, 0.1) is 5.92 Å². The Hall–Kier alpha value is -0.570. The van der Waals surface area contributed by atoms with Crippen LogP contribution in [0.3, 0.4) is 0 Å². The van der Waals surface area contributed by atoms with Gasteiger partial charge in [0.2, 0.25) is 0 Å². The molecule has 3 heteroatoms. The van der Waals surface area contributed by atoms with E-state index >= 15 is 0 Å². The molecule has 0 amide bonds. The van der Waals surface area contributed by atoms with Gasteiger partial charge in [0.25, 0.3) is 0 Å². The Kier molecular flexibility index (Phi) is 10.2. The Bertz CT molecular complexity index is 190. The average Bonchev–Trinajstić information content (AvgIpc) is 2.28. The number of hydrogen-bond donors (Lipinski definition) is 1. The van der Waals surface area contributed by atoms with Gasteiger partial charge in [-0.05, 0) is 19.8 Å². The largest absolute Gasteiger partial charge is 0.465 e. The van der Waals surface area contributed by atoms with Gasteiger partial charge in [-0.1, -0.05) is 46.0 Å². The van der Waals surface area contributed by atoms with Crippen LogP contribution in [-0.4, -0.2) is 23.8 Å². The molecule has 0 spiro atoms. The molecule has 102 valence electrons. The molecule has 0 heterocycles. The molecule has 2 atom stereocenters. The van der Waals surface area contributed by atoms with E-state index in [0.717, 1.165) is 12.8 Å². The highest BCUT2D eigenvalue weighted by Gasteiger charge is 2.22. The summed E-state index contributed by atoms with van der Waals surface area (Å²) in [7, 11) is 0. The third-order valence-corrected chi connectivity index (χ3v) is 3.07. The maximum Gasteiger partial charge on any atom is 0.311 e. The van der Waals surface area contributed by atoms with E-state index in [9.17, 15) is 9.90 Å². The van der Waals surface area contributed by atoms with Crippen molar-refractivity contribution in [2.24, 2.45) is 5.92 Å². The van der Waals surface area contributed by atoms with Crippen LogP contribution >= 0.6 is 0 Å². The van der Waals surface area contributed by atoms with E-state index in [1.54, 1.807) is 6.92 Å². The zero-order valence-corrected chi connectivity index (χ0v) is 11.6. The van der Waals surface area contributed by atoms with Crippen LogP contribution in [-0.2, 0) is 9.53 Å². The maximum atomic E-state index is 11.6. The van der Waals surface area contributed by atoms with Crippen molar-refractivity contribution in [3.8, 4) is 0 Å². The van der Waals surface area contributed by atoms with E-state index in [0.29, 0.717) is 13.0 Å². The average molecular weight is 244 g/mol. The van der Waals surface area contributed by atoms with Crippen molar-refractivity contribution in [3.05, 3.63) is 0 Å². The second kappa shape index (κ2) is 10.6. The first-order valence-electron chi connectivity index (χ1n) is 6.98. The van der Waals surface area contributed by atoms with E-state index in [1.807, 2.05) is 6.92 Å². The first-order valence-corrected chi connectivity index (χ1v) is 6.98. The Morgan fingerprint density at radius 1 is 1.12 bits per heavy atom. The molecule has 0 bridgehead atoms. The number of carbonyl (C=O) groups is 1. The Morgan fingerprint density at radius 2 is 1.71 bits per heavy atom. The minimum atomic E-state index is -0.614. The van der Waals surface area contributed by atoms with Crippen molar-refractivity contribution < 1.29 is 14.6 Å². The van der Waals surface area contributed by atoms with Gasteiger partial charge in [-0.3, -0.25) is 4.79 Å². The number of esters is 1. The fourth-order valence-electron chi connectivity index (χ4n) is 1.87. The lowest BCUT2D eigenvalue weighted by atomic mass is 10.0. The monoisotopic (exact) mass is 244 g/mol. The first kappa shape index (κ1) is 16.4. The van der Waals surface area contributed by atoms with Crippen molar-refractivity contribution in [2.45, 2.75) is 71.8 Å². The van der Waals surface area contributed by atoms with E-state index in [4.69, 9.17) is 4.74 Å². The maximum absolute atomic E-state index is 11.6. The van der Waals surface area contributed by atoms with Gasteiger partial charge < -0.3 is 9.84 Å². The van der Waals surface area contributed by atoms with Crippen LogP contribution in [0.2, 0.25) is 0 Å². The van der Waals surface area contributed by atoms with Crippen molar-refractivity contribution in [1.29, 1.82) is 0 Å². The molecule has 0 radical (unpaired) electrons. The lowest BCUT2D eigenvalue weighted by Crippen LogP contribution is -2.27. The Morgan fingerprint density at radius 3 is 2.24 bits per heavy atom. The molecular weight excluding hydrogens is 216 g/mol. The molecule has 0 saturated carbocycles. The zero-order valence-electron chi connectivity index (χ0n) is 11.6. The third-order valence-electron chi connectivity index (χ3n) is 3.07. The summed E-state index contributed by atoms with van der Waals surface area (Å²) < 4.78 is 5.16. The second-order valence-electron chi connectivity index (χ2n) is 4.69. The zero-order chi connectivity index (χ0) is 13.1. The molecule has 0 aliphatic carbocycles. The van der Waals surface area contributed by atoms with E-state index in [1.165, 1.54) is 25.7 Å². The third kappa shape index (κ3) is 8.19. The highest BCUT2D eigenvalue weighted by molar-refractivity contribution is 5.72. The van der Waals surface area contributed by atoms with Crippen LogP contribution < -0.4 is 0 Å². The summed E-state index contributed by atoms with van der Waals surface area (Å²) in [5.74, 6) is -0.619. The normalized spacial score (nSPS) is 14.4. The molecule has 0 unspecified atom stereocenters. The van der Waals surface area contributed by atoms with Gasteiger partial charge in [0.15, 0.2) is 0 Å². The number of hydrogen-bond acceptors (Lipinski definition) is 3. The summed E-state index contributed by atoms with van der Waals surface area (Å²) in [5.41, 5.74) is 0. The molecule has 3 nitrogen and oxygen atoms in total. The molecule has 0 fully saturated rings. The number of carbonyl (C=O) groups excluding carboxylic acids is 1. The summed E-state index contributed by atoms with van der Waals surface area (Å²) in [6.45, 7) is 6.22. The van der Waals surface area contributed by atoms with Crippen LogP contribution in [0.1, 0.15) is 65.7 Å². The highest BCUT2D eigenvalue weighted by Crippen LogP contribution is 2.11. The fourth-order valence-corrected chi connectivity index (χ4v) is 1.87. The highest BCUT2D eigenvalue weighted by atomic mass is 16.5. The van der Waals surface area contributed by atoms with Crippen LogP contribution in [0.4, 0.5) is 0 Å². The van der Waals surface area contributed by atoms with Crippen LogP contribution in [0.5, 0.6) is 0 Å². The number of rotatable bonds is 10. The molecule has 0 aromatic heterocycles. The topological polar surface area (TPSA) is 46.5 Å². The smallest absolute Gasteiger partial charge is 0.311 e. The number of aliphatic hydroxyl groups excluding tert-OH is 1. The van der Waals surface area contributed by atoms with E-state index < -0.39 is 6.10 Å². The van der Waals surface area contributed by atoms with Crippen molar-refractivity contribution in [2.75, 3.05) is 6.61 Å². The van der Waals surface area contributed by atoms with Gasteiger partial charge in [0.1, 0.15) is 0 Å². The molecule has 0 aliphatic heterocycles. The fraction of sp³-hybridized carbons (Fsp3) is 0.929. The second-order valence-corrected chi connectivity index (χ2v) is 4.69. The SMILES string of the molecule is CCCCCCCCOC(=O)[C@H](CC)[C@H](C)O. The minimum Gasteiger partial charge on any atom is -0.465 e. The summed E-state index contributed by atoms with van der Waals surface area (Å²) in [6.07, 6.45) is 7.12. The van der Waals surface area contributed by atoms with Crippen LogP contribution in [0.25, 0.3) is 0 Å². The molecule has 0 aliphatic rings. The quantitative estimate of drug-likeness (QED) is 0.474. The van der Waals surface area contributed by atoms with Gasteiger partial charge in [0, 0.05) is 0 Å². The van der Waals surface area contributed by atoms with Crippen molar-refractivity contribution in [1.82, 2.24) is 0 Å². The molecule has 0 aromatic carbocycles. The van der Waals surface area contributed by atoms with Gasteiger partial charge in [-0.15, -0.1) is 0 Å². The number of unbranched alkanes of at least 4 members (excludes halogenated alkanes) is 5. The lowest BCUT2D eigenvalue weighted by molar-refractivity contribution is -0.152. The van der Waals surface area contributed by atoms with Crippen LogP contribution in [0.15, 0.2) is 0 Å². The number of aliphatic hydroxyl groups is 1. The summed E-state index contributed by atoms with van der Waals surface area (Å²) in [4.78, 5) is 11.6. The summed E-state index contributed by atoms with van der Waals surface area (Å²) in [5, 5.41) is 9.38. The van der Waals surface area contributed by atoms with Gasteiger partial charge >= 0.3 is 5.97 Å². The molecular formula is C14H28O3. The Balaban J connectivity index is 3.50. The standard InChI is InChI=1S/C14H28O3/c1-4-6-7-8-9-10-11-17-14(16)13(5-2)12(3)15/h12-13,15H,4-11H2,1-3H3/t12-,13+/m0/s1. The van der Waals surface area contributed by atoms with Gasteiger partial charge in [-0.25, -0.2) is 0 Å². The predicted octanol–water partition coefficient (Wildman–Crippen LogP) is 3.30. The lowest BCUT2D eigenvalue weighted by Gasteiger charge is -2.16. The first-order chi connectivity index (χ1) is 8.13. The molecule has 1 N–H and O–H groups in total. The van der Waals surface area contributed by atoms with Gasteiger partial charge in [-0.2, -0.15) is 0 Å². The summed E-state index contributed by atoms with van der Waals surface area (Å²) in [6, 6.07) is 0. The number of ether oxygens (including phenoxy) is 1. The minimum absolute atomic E-state index is 0.254. The molecule has 17 heavy (non-hydrogen) atoms. The van der Waals surface area contributed by atoms with Crippen molar-refractivity contribution in [3.63, 3.8) is 0 Å². The molecule has 0 saturated heterocycles. The molecule has 0 rings (SSSR count). The van der Waals surface area contributed by atoms with E-state index in [2.05, 4.69) is 6.92 Å².